The Labute approximate surface area is 196 Å². The van der Waals surface area contributed by atoms with Gasteiger partial charge in [0, 0.05) is 31.8 Å². The standard InChI is InChI=1S/C17H24Cl2N2O.C4H6O6/c18-16-3-1-2-13(17(16)19)12-21(14-4-8-20-9-5-14)15-6-10-22-11-7-15;5-1(3(7)8)2(6)4(9)10/h1-3,14-15,20H,4-12H2;1-2,5-6H,(H,7,8)(H,9,10). The first-order chi connectivity index (χ1) is 15.2. The van der Waals surface area contributed by atoms with Crippen molar-refractivity contribution in [2.45, 2.75) is 56.5 Å². The molecule has 0 saturated carbocycles. The van der Waals surface area contributed by atoms with Crippen LogP contribution in [0.2, 0.25) is 10.0 Å². The lowest BCUT2D eigenvalue weighted by atomic mass is 9.97. The van der Waals surface area contributed by atoms with Crippen molar-refractivity contribution < 1.29 is 34.8 Å². The predicted octanol–water partition coefficient (Wildman–Crippen LogP) is 1.60. The minimum Gasteiger partial charge on any atom is -0.479 e. The van der Waals surface area contributed by atoms with Crippen LogP contribution in [0.1, 0.15) is 31.2 Å². The van der Waals surface area contributed by atoms with Crippen LogP contribution in [-0.4, -0.2) is 87.9 Å². The summed E-state index contributed by atoms with van der Waals surface area (Å²) in [7, 11) is 0. The molecule has 180 valence electrons. The van der Waals surface area contributed by atoms with Crippen LogP contribution in [0.3, 0.4) is 0 Å². The van der Waals surface area contributed by atoms with E-state index in [0.717, 1.165) is 51.3 Å². The Morgan fingerprint density at radius 3 is 2.06 bits per heavy atom. The van der Waals surface area contributed by atoms with E-state index in [1.54, 1.807) is 0 Å². The van der Waals surface area contributed by atoms with Gasteiger partial charge in [0.1, 0.15) is 0 Å². The van der Waals surface area contributed by atoms with Gasteiger partial charge in [-0.05, 0) is 50.4 Å². The van der Waals surface area contributed by atoms with E-state index < -0.39 is 24.1 Å². The van der Waals surface area contributed by atoms with Crippen LogP contribution in [0.5, 0.6) is 0 Å². The molecule has 2 unspecified atom stereocenters. The van der Waals surface area contributed by atoms with Gasteiger partial charge in [-0.15, -0.1) is 0 Å². The Kier molecular flexibility index (Phi) is 11.1. The van der Waals surface area contributed by atoms with Gasteiger partial charge < -0.3 is 30.5 Å². The first kappa shape index (κ1) is 26.8. The highest BCUT2D eigenvalue weighted by Gasteiger charge is 2.30. The zero-order valence-corrected chi connectivity index (χ0v) is 19.1. The molecule has 11 heteroatoms. The average molecular weight is 493 g/mol. The minimum atomic E-state index is -2.27. The molecule has 9 nitrogen and oxygen atoms in total. The van der Waals surface area contributed by atoms with Crippen molar-refractivity contribution in [3.8, 4) is 0 Å². The lowest BCUT2D eigenvalue weighted by Crippen LogP contribution is -2.49. The van der Waals surface area contributed by atoms with Crippen molar-refractivity contribution in [2.75, 3.05) is 26.3 Å². The normalized spacial score (nSPS) is 19.7. The first-order valence-electron chi connectivity index (χ1n) is 10.5. The van der Waals surface area contributed by atoms with Crippen LogP contribution in [0, 0.1) is 0 Å². The fourth-order valence-corrected chi connectivity index (χ4v) is 4.23. The molecule has 0 spiro atoms. The summed E-state index contributed by atoms with van der Waals surface area (Å²) in [6.07, 6.45) is 0.102. The van der Waals surface area contributed by atoms with Gasteiger partial charge in [-0.1, -0.05) is 35.3 Å². The number of aliphatic hydroxyl groups excluding tert-OH is 2. The second-order valence-electron chi connectivity index (χ2n) is 7.78. The SMILES string of the molecule is Clc1cccc(CN(C2CCNCC2)C2CCOCC2)c1Cl.O=C(O)C(O)C(O)C(=O)O. The van der Waals surface area contributed by atoms with Gasteiger partial charge in [0.15, 0.2) is 12.2 Å². The number of carboxylic acids is 2. The van der Waals surface area contributed by atoms with Crippen LogP contribution in [0.4, 0.5) is 0 Å². The Bertz CT molecular complexity index is 720. The molecule has 0 amide bonds. The van der Waals surface area contributed by atoms with E-state index in [0.29, 0.717) is 22.1 Å². The fourth-order valence-electron chi connectivity index (χ4n) is 3.85. The number of carboxylic acid groups (broad SMARTS) is 2. The highest BCUT2D eigenvalue weighted by Crippen LogP contribution is 2.30. The molecule has 1 aromatic rings. The summed E-state index contributed by atoms with van der Waals surface area (Å²) >= 11 is 12.6. The number of carbonyl (C=O) groups is 2. The number of hydrogen-bond acceptors (Lipinski definition) is 7. The number of rotatable bonds is 7. The first-order valence-corrected chi connectivity index (χ1v) is 11.3. The molecule has 0 bridgehead atoms. The third kappa shape index (κ3) is 7.84. The average Bonchev–Trinajstić information content (AvgIpc) is 2.80. The second kappa shape index (κ2) is 13.3. The van der Waals surface area contributed by atoms with E-state index in [1.807, 2.05) is 12.1 Å². The molecule has 2 aliphatic heterocycles. The van der Waals surface area contributed by atoms with E-state index in [2.05, 4.69) is 16.3 Å². The summed E-state index contributed by atoms with van der Waals surface area (Å²) in [6, 6.07) is 7.17. The van der Waals surface area contributed by atoms with Crippen LogP contribution in [-0.2, 0) is 20.9 Å². The van der Waals surface area contributed by atoms with Gasteiger partial charge in [0.05, 0.1) is 10.0 Å². The Morgan fingerprint density at radius 2 is 1.53 bits per heavy atom. The topological polar surface area (TPSA) is 140 Å². The molecule has 32 heavy (non-hydrogen) atoms. The summed E-state index contributed by atoms with van der Waals surface area (Å²) in [6.45, 7) is 4.83. The summed E-state index contributed by atoms with van der Waals surface area (Å²) in [5.41, 5.74) is 1.14. The van der Waals surface area contributed by atoms with Gasteiger partial charge in [-0.25, -0.2) is 9.59 Å². The molecule has 2 saturated heterocycles. The predicted molar refractivity (Wildman–Crippen MR) is 119 cm³/mol. The number of nitrogens with zero attached hydrogens (tertiary/aromatic N) is 1. The number of benzene rings is 1. The van der Waals surface area contributed by atoms with Gasteiger partial charge in [-0.2, -0.15) is 0 Å². The molecule has 0 aromatic heterocycles. The summed E-state index contributed by atoms with van der Waals surface area (Å²) in [4.78, 5) is 22.2. The smallest absolute Gasteiger partial charge is 0.335 e. The van der Waals surface area contributed by atoms with Crippen LogP contribution >= 0.6 is 23.2 Å². The third-order valence-corrected chi connectivity index (χ3v) is 6.49. The number of piperidine rings is 1. The molecule has 2 atom stereocenters. The number of aliphatic carboxylic acids is 2. The zero-order valence-electron chi connectivity index (χ0n) is 17.6. The second-order valence-corrected chi connectivity index (χ2v) is 8.56. The zero-order chi connectivity index (χ0) is 23.7. The highest BCUT2D eigenvalue weighted by atomic mass is 35.5. The number of aliphatic hydroxyl groups is 2. The molecule has 0 radical (unpaired) electrons. The van der Waals surface area contributed by atoms with Crippen LogP contribution in [0.15, 0.2) is 18.2 Å². The van der Waals surface area contributed by atoms with Crippen molar-refractivity contribution >= 4 is 35.1 Å². The molecular weight excluding hydrogens is 463 g/mol. The maximum atomic E-state index is 9.77. The Balaban J connectivity index is 0.000000309. The van der Waals surface area contributed by atoms with Crippen LogP contribution in [0.25, 0.3) is 0 Å². The van der Waals surface area contributed by atoms with Gasteiger partial charge >= 0.3 is 11.9 Å². The molecule has 2 aliphatic rings. The number of nitrogens with one attached hydrogen (secondary N) is 1. The largest absolute Gasteiger partial charge is 0.479 e. The van der Waals surface area contributed by atoms with Gasteiger partial charge in [0.25, 0.3) is 0 Å². The quantitative estimate of drug-likeness (QED) is 0.383. The minimum absolute atomic E-state index is 0.590. The van der Waals surface area contributed by atoms with Crippen molar-refractivity contribution in [3.63, 3.8) is 0 Å². The number of ether oxygens (including phenoxy) is 1. The monoisotopic (exact) mass is 492 g/mol. The summed E-state index contributed by atoms with van der Waals surface area (Å²) in [5, 5.41) is 37.3. The van der Waals surface area contributed by atoms with Crippen molar-refractivity contribution in [1.29, 1.82) is 0 Å². The number of halogens is 2. The van der Waals surface area contributed by atoms with E-state index in [1.165, 1.54) is 12.8 Å². The molecule has 5 N–H and O–H groups in total. The van der Waals surface area contributed by atoms with Gasteiger partial charge in [0.2, 0.25) is 0 Å². The lowest BCUT2D eigenvalue weighted by Gasteiger charge is -2.42. The lowest BCUT2D eigenvalue weighted by molar-refractivity contribution is -0.165. The van der Waals surface area contributed by atoms with Gasteiger partial charge in [-0.3, -0.25) is 4.90 Å². The van der Waals surface area contributed by atoms with E-state index in [-0.39, 0.29) is 0 Å². The maximum absolute atomic E-state index is 9.77. The Hall–Kier alpha value is -1.46. The molecular formula is C21H30Cl2N2O7. The van der Waals surface area contributed by atoms with Crippen molar-refractivity contribution in [3.05, 3.63) is 33.8 Å². The van der Waals surface area contributed by atoms with E-state index >= 15 is 0 Å². The fraction of sp³-hybridized carbons (Fsp3) is 0.619. The maximum Gasteiger partial charge on any atom is 0.335 e. The highest BCUT2D eigenvalue weighted by molar-refractivity contribution is 6.42. The third-order valence-electron chi connectivity index (χ3n) is 5.63. The number of hydrogen-bond donors (Lipinski definition) is 5. The summed E-state index contributed by atoms with van der Waals surface area (Å²) in [5.74, 6) is -3.54. The van der Waals surface area contributed by atoms with Crippen molar-refractivity contribution in [1.82, 2.24) is 10.2 Å². The van der Waals surface area contributed by atoms with Crippen molar-refractivity contribution in [2.24, 2.45) is 0 Å². The molecule has 1 aromatic carbocycles. The van der Waals surface area contributed by atoms with Crippen LogP contribution < -0.4 is 5.32 Å². The molecule has 2 fully saturated rings. The summed E-state index contributed by atoms with van der Waals surface area (Å²) < 4.78 is 5.54. The van der Waals surface area contributed by atoms with E-state index in [4.69, 9.17) is 48.4 Å². The van der Waals surface area contributed by atoms with E-state index in [9.17, 15) is 9.59 Å². The molecule has 0 aliphatic carbocycles. The molecule has 3 rings (SSSR count). The molecule has 2 heterocycles. The Morgan fingerprint density at radius 1 is 1.00 bits per heavy atom.